The lowest BCUT2D eigenvalue weighted by Crippen LogP contribution is -2.19. The van der Waals surface area contributed by atoms with Crippen LogP contribution in [0.4, 0.5) is 5.82 Å². The van der Waals surface area contributed by atoms with Crippen LogP contribution in [-0.2, 0) is 0 Å². The molecule has 0 aliphatic heterocycles. The Bertz CT molecular complexity index is 606. The fraction of sp³-hybridized carbons (Fsp3) is 0.0833. The van der Waals surface area contributed by atoms with Gasteiger partial charge < -0.3 is 15.5 Å². The number of aromatic amines is 1. The molecule has 0 saturated heterocycles. The van der Waals surface area contributed by atoms with Crippen LogP contribution >= 0.6 is 0 Å². The molecule has 0 fully saturated rings. The topological polar surface area (TPSA) is 105 Å². The minimum absolute atomic E-state index is 0.130. The number of nitrogen functional groups attached to an aromatic ring is 1. The van der Waals surface area contributed by atoms with Crippen molar-refractivity contribution in [3.63, 3.8) is 0 Å². The molecule has 0 radical (unpaired) electrons. The second kappa shape index (κ2) is 5.67. The summed E-state index contributed by atoms with van der Waals surface area (Å²) < 4.78 is 5.15. The first-order chi connectivity index (χ1) is 9.22. The Kier molecular flexibility index (Phi) is 3.77. The van der Waals surface area contributed by atoms with Gasteiger partial charge in [-0.15, -0.1) is 0 Å². The second-order valence-corrected chi connectivity index (χ2v) is 3.60. The average Bonchev–Trinajstić information content (AvgIpc) is 2.85. The Balaban J connectivity index is 2.04. The van der Waals surface area contributed by atoms with Gasteiger partial charge >= 0.3 is 0 Å². The molecule has 2 aromatic rings. The van der Waals surface area contributed by atoms with Gasteiger partial charge in [0, 0.05) is 5.56 Å². The molecule has 1 amide bonds. The number of amides is 1. The molecule has 2 rings (SSSR count). The Morgan fingerprint density at radius 2 is 2.32 bits per heavy atom. The van der Waals surface area contributed by atoms with Crippen LogP contribution in [0.25, 0.3) is 0 Å². The van der Waals surface area contributed by atoms with Crippen molar-refractivity contribution >= 4 is 17.9 Å². The maximum absolute atomic E-state index is 11.7. The lowest BCUT2D eigenvalue weighted by Gasteiger charge is -2.03. The monoisotopic (exact) mass is 259 g/mol. The van der Waals surface area contributed by atoms with Crippen LogP contribution in [0.15, 0.2) is 35.7 Å². The third-order valence-corrected chi connectivity index (χ3v) is 2.40. The van der Waals surface area contributed by atoms with Gasteiger partial charge in [-0.05, 0) is 12.1 Å². The summed E-state index contributed by atoms with van der Waals surface area (Å²) in [5.74, 6) is 0.340. The molecule has 0 aliphatic rings. The second-order valence-electron chi connectivity index (χ2n) is 3.60. The van der Waals surface area contributed by atoms with Gasteiger partial charge in [-0.2, -0.15) is 5.10 Å². The first-order valence-corrected chi connectivity index (χ1v) is 5.47. The van der Waals surface area contributed by atoms with Crippen LogP contribution in [0.3, 0.4) is 0 Å². The van der Waals surface area contributed by atoms with Crippen LogP contribution in [0.2, 0.25) is 0 Å². The molecule has 7 heteroatoms. The number of hydrazone groups is 1. The van der Waals surface area contributed by atoms with Crippen LogP contribution in [0.1, 0.15) is 16.1 Å². The van der Waals surface area contributed by atoms with E-state index in [1.165, 1.54) is 12.5 Å². The number of nitrogens with zero attached hydrogens (tertiary/aromatic N) is 2. The number of anilines is 1. The van der Waals surface area contributed by atoms with Gasteiger partial charge in [-0.3, -0.25) is 4.79 Å². The maximum Gasteiger partial charge on any atom is 0.291 e. The van der Waals surface area contributed by atoms with E-state index in [0.29, 0.717) is 5.75 Å². The number of carbonyl (C=O) groups excluding carboxylic acids is 1. The van der Waals surface area contributed by atoms with Gasteiger partial charge in [0.25, 0.3) is 5.91 Å². The minimum Gasteiger partial charge on any atom is -0.496 e. The highest BCUT2D eigenvalue weighted by Crippen LogP contribution is 2.14. The number of carbonyl (C=O) groups is 1. The number of nitrogens with one attached hydrogen (secondary N) is 2. The fourth-order valence-electron chi connectivity index (χ4n) is 1.48. The molecule has 1 aromatic heterocycles. The van der Waals surface area contributed by atoms with Crippen LogP contribution in [0, 0.1) is 0 Å². The van der Waals surface area contributed by atoms with Crippen LogP contribution < -0.4 is 15.9 Å². The number of benzene rings is 1. The number of H-pyrrole nitrogens is 1. The number of nitrogens with two attached hydrogens (primary N) is 1. The summed E-state index contributed by atoms with van der Waals surface area (Å²) in [5.41, 5.74) is 8.77. The first kappa shape index (κ1) is 12.6. The zero-order chi connectivity index (χ0) is 13.7. The van der Waals surface area contributed by atoms with E-state index in [1.807, 2.05) is 18.2 Å². The standard InChI is InChI=1S/C12H13N5O2/c1-19-9-5-3-2-4-8(9)6-16-17-12(18)10-11(13)15-7-14-10/h2-7H,13H2,1H3,(H,14,15)(H,17,18). The van der Waals surface area contributed by atoms with Gasteiger partial charge in [0.1, 0.15) is 11.4 Å². The predicted octanol–water partition coefficient (Wildman–Crippen LogP) is 0.764. The van der Waals surface area contributed by atoms with E-state index >= 15 is 0 Å². The van der Waals surface area contributed by atoms with Gasteiger partial charge in [-0.25, -0.2) is 10.4 Å². The first-order valence-electron chi connectivity index (χ1n) is 5.47. The zero-order valence-electron chi connectivity index (χ0n) is 10.3. The molecule has 0 bridgehead atoms. The molecule has 1 aromatic carbocycles. The summed E-state index contributed by atoms with van der Waals surface area (Å²) in [4.78, 5) is 18.0. The van der Waals surface area contributed by atoms with Crippen molar-refractivity contribution in [2.75, 3.05) is 12.8 Å². The molecular weight excluding hydrogens is 246 g/mol. The Morgan fingerprint density at radius 1 is 1.53 bits per heavy atom. The van der Waals surface area contributed by atoms with Crippen molar-refractivity contribution in [3.8, 4) is 5.75 Å². The summed E-state index contributed by atoms with van der Waals surface area (Å²) in [7, 11) is 1.57. The van der Waals surface area contributed by atoms with Gasteiger partial charge in [-0.1, -0.05) is 12.1 Å². The van der Waals surface area contributed by atoms with E-state index in [1.54, 1.807) is 13.2 Å². The Morgan fingerprint density at radius 3 is 3.00 bits per heavy atom. The van der Waals surface area contributed by atoms with E-state index in [2.05, 4.69) is 20.5 Å². The number of imidazole rings is 1. The number of hydrogen-bond donors (Lipinski definition) is 3. The predicted molar refractivity (Wildman–Crippen MR) is 71.1 cm³/mol. The third kappa shape index (κ3) is 2.89. The minimum atomic E-state index is -0.457. The van der Waals surface area contributed by atoms with E-state index in [-0.39, 0.29) is 11.5 Å². The zero-order valence-corrected chi connectivity index (χ0v) is 10.3. The highest BCUT2D eigenvalue weighted by atomic mass is 16.5. The molecule has 4 N–H and O–H groups in total. The van der Waals surface area contributed by atoms with Crippen molar-refractivity contribution in [3.05, 3.63) is 41.9 Å². The van der Waals surface area contributed by atoms with Crippen molar-refractivity contribution in [2.24, 2.45) is 5.10 Å². The smallest absolute Gasteiger partial charge is 0.291 e. The quantitative estimate of drug-likeness (QED) is 0.557. The SMILES string of the molecule is COc1ccccc1C=NNC(=O)c1[nH]cnc1N. The van der Waals surface area contributed by atoms with Crippen LogP contribution in [0.5, 0.6) is 5.75 Å². The molecule has 98 valence electrons. The molecular formula is C12H13N5O2. The normalized spacial score (nSPS) is 10.6. The van der Waals surface area contributed by atoms with E-state index in [9.17, 15) is 4.79 Å². The number of hydrogen-bond acceptors (Lipinski definition) is 5. The largest absolute Gasteiger partial charge is 0.496 e. The number of methoxy groups -OCH3 is 1. The molecule has 0 aliphatic carbocycles. The number of aromatic nitrogens is 2. The summed E-state index contributed by atoms with van der Waals surface area (Å²) in [6, 6.07) is 7.31. The maximum atomic E-state index is 11.7. The van der Waals surface area contributed by atoms with Crippen molar-refractivity contribution in [1.29, 1.82) is 0 Å². The molecule has 0 unspecified atom stereocenters. The van der Waals surface area contributed by atoms with Crippen molar-refractivity contribution < 1.29 is 9.53 Å². The highest BCUT2D eigenvalue weighted by molar-refractivity contribution is 5.97. The Hall–Kier alpha value is -2.83. The highest BCUT2D eigenvalue weighted by Gasteiger charge is 2.10. The molecule has 19 heavy (non-hydrogen) atoms. The number of ether oxygens (including phenoxy) is 1. The van der Waals surface area contributed by atoms with Crippen molar-refractivity contribution in [2.45, 2.75) is 0 Å². The summed E-state index contributed by atoms with van der Waals surface area (Å²) in [6.07, 6.45) is 2.83. The number of para-hydroxylation sites is 1. The van der Waals surface area contributed by atoms with Gasteiger partial charge in [0.05, 0.1) is 19.7 Å². The molecule has 0 atom stereocenters. The third-order valence-electron chi connectivity index (χ3n) is 2.40. The molecule has 0 spiro atoms. The number of rotatable bonds is 4. The summed E-state index contributed by atoms with van der Waals surface area (Å²) >= 11 is 0. The van der Waals surface area contributed by atoms with E-state index in [0.717, 1.165) is 5.56 Å². The molecule has 1 heterocycles. The summed E-state index contributed by atoms with van der Waals surface area (Å²) in [5, 5.41) is 3.84. The van der Waals surface area contributed by atoms with Gasteiger partial charge in [0.2, 0.25) is 0 Å². The fourth-order valence-corrected chi connectivity index (χ4v) is 1.48. The van der Waals surface area contributed by atoms with Gasteiger partial charge in [0.15, 0.2) is 5.82 Å². The van der Waals surface area contributed by atoms with E-state index in [4.69, 9.17) is 10.5 Å². The molecule has 0 saturated carbocycles. The van der Waals surface area contributed by atoms with Crippen LogP contribution in [-0.4, -0.2) is 29.2 Å². The van der Waals surface area contributed by atoms with E-state index < -0.39 is 5.91 Å². The van der Waals surface area contributed by atoms with Crippen molar-refractivity contribution in [1.82, 2.24) is 15.4 Å². The lowest BCUT2D eigenvalue weighted by molar-refractivity contribution is 0.0951. The Labute approximate surface area is 109 Å². The lowest BCUT2D eigenvalue weighted by atomic mass is 10.2. The molecule has 7 nitrogen and oxygen atoms in total. The summed E-state index contributed by atoms with van der Waals surface area (Å²) in [6.45, 7) is 0. The average molecular weight is 259 g/mol.